The molecule has 4 rings (SSSR count). The number of benzene rings is 2. The number of likely N-dealkylation sites (tertiary alicyclic amines) is 1. The van der Waals surface area contributed by atoms with Gasteiger partial charge in [-0.2, -0.15) is 0 Å². The van der Waals surface area contributed by atoms with Crippen molar-refractivity contribution in [1.82, 2.24) is 9.80 Å². The Balaban J connectivity index is 1.31. The summed E-state index contributed by atoms with van der Waals surface area (Å²) in [6.45, 7) is 6.14. The SMILES string of the molecule is CC(=O)N1CCC(CCC(=O)c2ccc3c(c2)CCN(Cc2ccccc2Cl)CC3)CC1. The maximum atomic E-state index is 12.9. The molecule has 0 bridgehead atoms. The number of amides is 1. The highest BCUT2D eigenvalue weighted by Gasteiger charge is 2.22. The Morgan fingerprint density at radius 2 is 1.69 bits per heavy atom. The molecule has 1 saturated heterocycles. The summed E-state index contributed by atoms with van der Waals surface area (Å²) >= 11 is 6.35. The number of Topliss-reactive ketones (excluding diaryl/α,β-unsaturated/α-hetero) is 1. The Morgan fingerprint density at radius 1 is 0.969 bits per heavy atom. The summed E-state index contributed by atoms with van der Waals surface area (Å²) < 4.78 is 0. The van der Waals surface area contributed by atoms with Crippen molar-refractivity contribution in [3.05, 3.63) is 69.7 Å². The van der Waals surface area contributed by atoms with Crippen LogP contribution in [0.5, 0.6) is 0 Å². The number of rotatable bonds is 6. The van der Waals surface area contributed by atoms with E-state index in [-0.39, 0.29) is 11.7 Å². The molecular weight excluding hydrogens is 420 g/mol. The van der Waals surface area contributed by atoms with E-state index in [0.29, 0.717) is 12.3 Å². The van der Waals surface area contributed by atoms with Gasteiger partial charge >= 0.3 is 0 Å². The summed E-state index contributed by atoms with van der Waals surface area (Å²) in [6, 6.07) is 14.4. The maximum absolute atomic E-state index is 12.9. The molecule has 4 nitrogen and oxygen atoms in total. The van der Waals surface area contributed by atoms with Crippen LogP contribution in [0.25, 0.3) is 0 Å². The van der Waals surface area contributed by atoms with Crippen LogP contribution in [0.4, 0.5) is 0 Å². The predicted octanol–water partition coefficient (Wildman–Crippen LogP) is 5.16. The van der Waals surface area contributed by atoms with Crippen molar-refractivity contribution >= 4 is 23.3 Å². The molecule has 0 N–H and O–H groups in total. The van der Waals surface area contributed by atoms with E-state index in [1.807, 2.05) is 29.2 Å². The van der Waals surface area contributed by atoms with Gasteiger partial charge < -0.3 is 4.90 Å². The number of nitrogens with zero attached hydrogens (tertiary/aromatic N) is 2. The Kier molecular flexibility index (Phi) is 7.64. The lowest BCUT2D eigenvalue weighted by Gasteiger charge is -2.31. The first-order chi connectivity index (χ1) is 15.5. The Hall–Kier alpha value is -2.17. The topological polar surface area (TPSA) is 40.6 Å². The Labute approximate surface area is 196 Å². The van der Waals surface area contributed by atoms with Crippen LogP contribution in [0.15, 0.2) is 42.5 Å². The van der Waals surface area contributed by atoms with Gasteiger partial charge in [0.1, 0.15) is 0 Å². The zero-order valence-corrected chi connectivity index (χ0v) is 19.7. The third kappa shape index (κ3) is 5.79. The van der Waals surface area contributed by atoms with Crippen molar-refractivity contribution in [3.63, 3.8) is 0 Å². The monoisotopic (exact) mass is 452 g/mol. The van der Waals surface area contributed by atoms with Gasteiger partial charge in [0.05, 0.1) is 0 Å². The molecule has 2 heterocycles. The van der Waals surface area contributed by atoms with Crippen molar-refractivity contribution in [2.75, 3.05) is 26.2 Å². The van der Waals surface area contributed by atoms with Gasteiger partial charge in [0.2, 0.25) is 5.91 Å². The number of halogens is 1. The zero-order valence-electron chi connectivity index (χ0n) is 19.0. The summed E-state index contributed by atoms with van der Waals surface area (Å²) in [5, 5.41) is 0.828. The van der Waals surface area contributed by atoms with E-state index in [4.69, 9.17) is 11.6 Å². The van der Waals surface area contributed by atoms with E-state index >= 15 is 0 Å². The molecule has 0 atom stereocenters. The van der Waals surface area contributed by atoms with Crippen molar-refractivity contribution < 1.29 is 9.59 Å². The lowest BCUT2D eigenvalue weighted by atomic mass is 9.89. The van der Waals surface area contributed by atoms with E-state index in [0.717, 1.165) is 75.4 Å². The van der Waals surface area contributed by atoms with Crippen LogP contribution in [-0.4, -0.2) is 47.7 Å². The first-order valence-corrected chi connectivity index (χ1v) is 12.2. The molecule has 2 aliphatic heterocycles. The molecule has 2 aliphatic rings. The van der Waals surface area contributed by atoms with E-state index in [1.165, 1.54) is 16.7 Å². The summed E-state index contributed by atoms with van der Waals surface area (Å²) in [5.74, 6) is 0.961. The zero-order chi connectivity index (χ0) is 22.5. The number of carbonyl (C=O) groups is 2. The highest BCUT2D eigenvalue weighted by Crippen LogP contribution is 2.25. The van der Waals surface area contributed by atoms with Crippen LogP contribution < -0.4 is 0 Å². The minimum Gasteiger partial charge on any atom is -0.343 e. The Bertz CT molecular complexity index is 966. The van der Waals surface area contributed by atoms with Gasteiger partial charge in [0, 0.05) is 56.7 Å². The number of hydrogen-bond acceptors (Lipinski definition) is 3. The standard InChI is InChI=1S/C27H33ClN2O2/c1-20(31)30-16-10-21(11-17-30)6-9-27(32)24-8-7-22-12-14-29(15-13-23(22)18-24)19-25-4-2-3-5-26(25)28/h2-5,7-8,18,21H,6,9-17,19H2,1H3. The van der Waals surface area contributed by atoms with E-state index < -0.39 is 0 Å². The third-order valence-electron chi connectivity index (χ3n) is 7.11. The molecule has 1 amide bonds. The summed E-state index contributed by atoms with van der Waals surface area (Å²) in [7, 11) is 0. The molecule has 0 spiro atoms. The summed E-state index contributed by atoms with van der Waals surface area (Å²) in [5.41, 5.74) is 4.70. The van der Waals surface area contributed by atoms with Crippen LogP contribution in [0.1, 0.15) is 59.7 Å². The van der Waals surface area contributed by atoms with Crippen LogP contribution >= 0.6 is 11.6 Å². The molecule has 0 aromatic heterocycles. The van der Waals surface area contributed by atoms with Gasteiger partial charge in [-0.15, -0.1) is 0 Å². The summed E-state index contributed by atoms with van der Waals surface area (Å²) in [4.78, 5) is 28.7. The summed E-state index contributed by atoms with van der Waals surface area (Å²) in [6.07, 6.45) is 5.51. The van der Waals surface area contributed by atoms with Crippen molar-refractivity contribution in [1.29, 1.82) is 0 Å². The second-order valence-electron chi connectivity index (χ2n) is 9.26. The first kappa shape index (κ1) is 23.0. The molecule has 170 valence electrons. The molecule has 1 fully saturated rings. The van der Waals surface area contributed by atoms with E-state index in [2.05, 4.69) is 23.1 Å². The molecule has 0 radical (unpaired) electrons. The molecular formula is C27H33ClN2O2. The number of ketones is 1. The average Bonchev–Trinajstić information content (AvgIpc) is 3.01. The number of fused-ring (bicyclic) bond motifs is 1. The fourth-order valence-electron chi connectivity index (χ4n) is 4.99. The smallest absolute Gasteiger partial charge is 0.219 e. The van der Waals surface area contributed by atoms with Gasteiger partial charge in [0.25, 0.3) is 0 Å². The first-order valence-electron chi connectivity index (χ1n) is 11.9. The second-order valence-corrected chi connectivity index (χ2v) is 9.67. The second kappa shape index (κ2) is 10.6. The fraction of sp³-hybridized carbons (Fsp3) is 0.481. The third-order valence-corrected chi connectivity index (χ3v) is 7.48. The number of piperidine rings is 1. The number of hydrogen-bond donors (Lipinski definition) is 0. The predicted molar refractivity (Wildman–Crippen MR) is 129 cm³/mol. The minimum absolute atomic E-state index is 0.162. The molecule has 0 unspecified atom stereocenters. The van der Waals surface area contributed by atoms with Crippen LogP contribution in [0, 0.1) is 5.92 Å². The van der Waals surface area contributed by atoms with Gasteiger partial charge in [-0.3, -0.25) is 14.5 Å². The highest BCUT2D eigenvalue weighted by molar-refractivity contribution is 6.31. The highest BCUT2D eigenvalue weighted by atomic mass is 35.5. The van der Waals surface area contributed by atoms with Crippen molar-refractivity contribution in [3.8, 4) is 0 Å². The van der Waals surface area contributed by atoms with Crippen molar-refractivity contribution in [2.45, 2.75) is 52.0 Å². The quantitative estimate of drug-likeness (QED) is 0.568. The lowest BCUT2D eigenvalue weighted by Crippen LogP contribution is -2.37. The molecule has 2 aromatic carbocycles. The molecule has 5 heteroatoms. The largest absolute Gasteiger partial charge is 0.343 e. The van der Waals surface area contributed by atoms with E-state index in [9.17, 15) is 9.59 Å². The Morgan fingerprint density at radius 3 is 2.41 bits per heavy atom. The lowest BCUT2D eigenvalue weighted by molar-refractivity contribution is -0.130. The average molecular weight is 453 g/mol. The van der Waals surface area contributed by atoms with Gasteiger partial charge in [-0.05, 0) is 66.8 Å². The molecule has 0 saturated carbocycles. The van der Waals surface area contributed by atoms with Gasteiger partial charge in [-0.25, -0.2) is 0 Å². The minimum atomic E-state index is 0.162. The van der Waals surface area contributed by atoms with Crippen LogP contribution in [-0.2, 0) is 24.2 Å². The van der Waals surface area contributed by atoms with Gasteiger partial charge in [0.15, 0.2) is 5.78 Å². The fourth-order valence-corrected chi connectivity index (χ4v) is 5.18. The van der Waals surface area contributed by atoms with Gasteiger partial charge in [-0.1, -0.05) is 41.9 Å². The normalized spacial score (nSPS) is 17.6. The molecule has 2 aromatic rings. The van der Waals surface area contributed by atoms with Crippen LogP contribution in [0.2, 0.25) is 5.02 Å². The van der Waals surface area contributed by atoms with E-state index in [1.54, 1.807) is 6.92 Å². The number of carbonyl (C=O) groups excluding carboxylic acids is 2. The van der Waals surface area contributed by atoms with Crippen LogP contribution in [0.3, 0.4) is 0 Å². The molecule has 0 aliphatic carbocycles. The molecule has 32 heavy (non-hydrogen) atoms. The maximum Gasteiger partial charge on any atom is 0.219 e. The van der Waals surface area contributed by atoms with Crippen molar-refractivity contribution in [2.24, 2.45) is 5.92 Å².